The Morgan fingerprint density at radius 1 is 0.939 bits per heavy atom. The molecule has 8 heteroatoms. The molecule has 33 heavy (non-hydrogen) atoms. The molecule has 0 saturated carbocycles. The molecule has 1 aliphatic rings. The van der Waals surface area contributed by atoms with Gasteiger partial charge in [0.25, 0.3) is 10.0 Å². The number of carbonyl (C=O) groups is 1. The zero-order valence-corrected chi connectivity index (χ0v) is 19.5. The number of sulfonamides is 1. The average molecular weight is 479 g/mol. The van der Waals surface area contributed by atoms with Gasteiger partial charge in [-0.1, -0.05) is 90.6 Å². The molecular weight excluding hydrogens is 456 g/mol. The van der Waals surface area contributed by atoms with E-state index in [1.54, 1.807) is 25.1 Å². The van der Waals surface area contributed by atoms with Crippen molar-refractivity contribution in [1.82, 2.24) is 4.72 Å². The van der Waals surface area contributed by atoms with Crippen LogP contribution in [0.3, 0.4) is 0 Å². The summed E-state index contributed by atoms with van der Waals surface area (Å²) < 4.78 is 34.0. The van der Waals surface area contributed by atoms with Crippen LogP contribution >= 0.6 is 11.8 Å². The number of benzene rings is 3. The summed E-state index contributed by atoms with van der Waals surface area (Å²) >= 11 is 1.17. The highest BCUT2D eigenvalue weighted by Crippen LogP contribution is 2.44. The minimum Gasteiger partial charge on any atom is -0.463 e. The smallest absolute Gasteiger partial charge is 0.337 e. The van der Waals surface area contributed by atoms with Crippen molar-refractivity contribution < 1.29 is 17.9 Å². The van der Waals surface area contributed by atoms with E-state index in [1.807, 2.05) is 60.7 Å². The van der Waals surface area contributed by atoms with Gasteiger partial charge in [0.2, 0.25) is 0 Å². The van der Waals surface area contributed by atoms with Gasteiger partial charge < -0.3 is 4.74 Å². The van der Waals surface area contributed by atoms with Crippen LogP contribution in [0.2, 0.25) is 0 Å². The Morgan fingerprint density at radius 3 is 2.12 bits per heavy atom. The van der Waals surface area contributed by atoms with Crippen LogP contribution in [-0.2, 0) is 19.6 Å². The highest BCUT2D eigenvalue weighted by Gasteiger charge is 2.35. The highest BCUT2D eigenvalue weighted by molar-refractivity contribution is 8.15. The molecule has 4 rings (SSSR count). The third-order valence-corrected chi connectivity index (χ3v) is 7.52. The van der Waals surface area contributed by atoms with E-state index in [-0.39, 0.29) is 16.7 Å². The fourth-order valence-corrected chi connectivity index (χ4v) is 5.81. The zero-order chi connectivity index (χ0) is 23.3. The van der Waals surface area contributed by atoms with E-state index in [0.29, 0.717) is 16.8 Å². The van der Waals surface area contributed by atoms with E-state index in [2.05, 4.69) is 9.71 Å². The summed E-state index contributed by atoms with van der Waals surface area (Å²) in [4.78, 5) is 17.8. The van der Waals surface area contributed by atoms with Gasteiger partial charge in [0.05, 0.1) is 28.0 Å². The standard InChI is InChI=1S/C25H22N2O4S2/c1-2-31-24(28)21-22(18-12-6-3-7-13-18)26-25(32-23(21)19-14-8-4-9-15-19)27-33(29,30)20-16-10-5-11-17-20/h3-17,23H,2H2,1H3,(H,26,27). The van der Waals surface area contributed by atoms with Crippen molar-refractivity contribution in [3.05, 3.63) is 108 Å². The molecule has 1 N–H and O–H groups in total. The first-order chi connectivity index (χ1) is 16.0. The number of ether oxygens (including phenoxy) is 1. The molecule has 1 atom stereocenters. The number of hydrogen-bond donors (Lipinski definition) is 1. The first-order valence-corrected chi connectivity index (χ1v) is 12.7. The molecule has 0 saturated heterocycles. The van der Waals surface area contributed by atoms with Gasteiger partial charge in [-0.05, 0) is 24.6 Å². The molecule has 3 aromatic carbocycles. The summed E-state index contributed by atoms with van der Waals surface area (Å²) in [6, 6.07) is 26.7. The summed E-state index contributed by atoms with van der Waals surface area (Å²) in [5, 5.41) is -0.328. The van der Waals surface area contributed by atoms with E-state index >= 15 is 0 Å². The Kier molecular flexibility index (Phi) is 6.96. The molecule has 1 aliphatic heterocycles. The number of rotatable bonds is 6. The number of nitrogens with one attached hydrogen (secondary N) is 1. The van der Waals surface area contributed by atoms with Crippen molar-refractivity contribution in [3.63, 3.8) is 0 Å². The zero-order valence-electron chi connectivity index (χ0n) is 17.8. The third-order valence-electron chi connectivity index (χ3n) is 4.88. The molecule has 1 unspecified atom stereocenters. The topological polar surface area (TPSA) is 84.8 Å². The van der Waals surface area contributed by atoms with Crippen LogP contribution in [0, 0.1) is 0 Å². The summed E-state index contributed by atoms with van der Waals surface area (Å²) in [5.41, 5.74) is 2.29. The van der Waals surface area contributed by atoms with Crippen LogP contribution in [0.4, 0.5) is 0 Å². The number of thioether (sulfide) groups is 1. The predicted molar refractivity (Wildman–Crippen MR) is 131 cm³/mol. The van der Waals surface area contributed by atoms with Crippen molar-refractivity contribution in [2.24, 2.45) is 4.99 Å². The Morgan fingerprint density at radius 2 is 1.52 bits per heavy atom. The molecular formula is C25H22N2O4S2. The van der Waals surface area contributed by atoms with Crippen molar-refractivity contribution in [2.45, 2.75) is 17.1 Å². The van der Waals surface area contributed by atoms with E-state index in [1.165, 1.54) is 23.9 Å². The molecule has 6 nitrogen and oxygen atoms in total. The molecule has 0 aliphatic carbocycles. The largest absolute Gasteiger partial charge is 0.463 e. The van der Waals surface area contributed by atoms with Crippen LogP contribution in [-0.4, -0.2) is 26.2 Å². The van der Waals surface area contributed by atoms with E-state index in [0.717, 1.165) is 5.56 Å². The summed E-state index contributed by atoms with van der Waals surface area (Å²) in [7, 11) is -3.86. The number of amidine groups is 1. The molecule has 168 valence electrons. The second-order valence-electron chi connectivity index (χ2n) is 7.09. The van der Waals surface area contributed by atoms with Gasteiger partial charge >= 0.3 is 5.97 Å². The van der Waals surface area contributed by atoms with Crippen LogP contribution in [0.15, 0.2) is 106 Å². The lowest BCUT2D eigenvalue weighted by molar-refractivity contribution is -0.138. The van der Waals surface area contributed by atoms with Gasteiger partial charge in [0, 0.05) is 5.56 Å². The normalized spacial score (nSPS) is 16.2. The molecule has 0 radical (unpaired) electrons. The fraction of sp³-hybridized carbons (Fsp3) is 0.120. The van der Waals surface area contributed by atoms with Crippen molar-refractivity contribution in [2.75, 3.05) is 6.61 Å². The van der Waals surface area contributed by atoms with Crippen molar-refractivity contribution >= 4 is 38.6 Å². The Labute approximate surface area is 197 Å². The molecule has 1 heterocycles. The molecule has 0 fully saturated rings. The quantitative estimate of drug-likeness (QED) is 0.515. The maximum absolute atomic E-state index is 13.1. The van der Waals surface area contributed by atoms with E-state index in [9.17, 15) is 13.2 Å². The molecule has 0 spiro atoms. The maximum atomic E-state index is 13.1. The lowest BCUT2D eigenvalue weighted by Gasteiger charge is -2.27. The molecule has 0 amide bonds. The number of nitrogens with zero attached hydrogens (tertiary/aromatic N) is 1. The predicted octanol–water partition coefficient (Wildman–Crippen LogP) is 4.78. The Bertz CT molecular complexity index is 1290. The Balaban J connectivity index is 1.86. The highest BCUT2D eigenvalue weighted by atomic mass is 32.2. The van der Waals surface area contributed by atoms with Gasteiger partial charge in [0.15, 0.2) is 5.17 Å². The van der Waals surface area contributed by atoms with Crippen LogP contribution in [0.1, 0.15) is 23.3 Å². The second kappa shape index (κ2) is 10.1. The van der Waals surface area contributed by atoms with E-state index in [4.69, 9.17) is 4.74 Å². The number of hydrogen-bond acceptors (Lipinski definition) is 6. The third kappa shape index (κ3) is 5.18. The van der Waals surface area contributed by atoms with Crippen LogP contribution in [0.25, 0.3) is 5.70 Å². The van der Waals surface area contributed by atoms with Gasteiger partial charge in [-0.2, -0.15) is 0 Å². The average Bonchev–Trinajstić information content (AvgIpc) is 2.85. The maximum Gasteiger partial charge on any atom is 0.337 e. The first-order valence-electron chi connectivity index (χ1n) is 10.3. The number of esters is 1. The van der Waals surface area contributed by atoms with Crippen LogP contribution < -0.4 is 4.72 Å². The minimum absolute atomic E-state index is 0.131. The van der Waals surface area contributed by atoms with Gasteiger partial charge in [-0.3, -0.25) is 4.72 Å². The van der Waals surface area contributed by atoms with Gasteiger partial charge in [-0.25, -0.2) is 18.2 Å². The SMILES string of the molecule is CCOC(=O)C1=C(c2ccccc2)N=C(NS(=O)(=O)c2ccccc2)SC1c1ccccc1. The van der Waals surface area contributed by atoms with E-state index < -0.39 is 21.2 Å². The molecule has 3 aromatic rings. The summed E-state index contributed by atoms with van der Waals surface area (Å²) in [6.45, 7) is 1.96. The number of carbonyl (C=O) groups excluding carboxylic acids is 1. The number of aliphatic imine (C=N–C) groups is 1. The molecule has 0 aromatic heterocycles. The Hall–Kier alpha value is -3.36. The summed E-state index contributed by atoms with van der Waals surface area (Å²) in [5.74, 6) is -0.480. The monoisotopic (exact) mass is 478 g/mol. The van der Waals surface area contributed by atoms with Crippen molar-refractivity contribution in [3.8, 4) is 0 Å². The second-order valence-corrected chi connectivity index (χ2v) is 9.87. The summed E-state index contributed by atoms with van der Waals surface area (Å²) in [6.07, 6.45) is 0. The van der Waals surface area contributed by atoms with Gasteiger partial charge in [-0.15, -0.1) is 0 Å². The fourth-order valence-electron chi connectivity index (χ4n) is 3.39. The molecule has 0 bridgehead atoms. The minimum atomic E-state index is -3.86. The lowest BCUT2D eigenvalue weighted by Crippen LogP contribution is -2.32. The van der Waals surface area contributed by atoms with Gasteiger partial charge in [0.1, 0.15) is 0 Å². The van der Waals surface area contributed by atoms with Crippen molar-refractivity contribution in [1.29, 1.82) is 0 Å². The lowest BCUT2D eigenvalue weighted by atomic mass is 9.99. The van der Waals surface area contributed by atoms with Crippen LogP contribution in [0.5, 0.6) is 0 Å². The first kappa shape index (κ1) is 22.8.